The molecule has 2 aromatic rings. The zero-order valence-corrected chi connectivity index (χ0v) is 15.6. The summed E-state index contributed by atoms with van der Waals surface area (Å²) in [5, 5.41) is 3.40. The van der Waals surface area contributed by atoms with Crippen LogP contribution >= 0.6 is 0 Å². The molecule has 1 N–H and O–H groups in total. The van der Waals surface area contributed by atoms with Gasteiger partial charge in [-0.1, -0.05) is 42.5 Å². The molecule has 0 radical (unpaired) electrons. The molecule has 5 heteroatoms. The molecule has 1 aliphatic rings. The van der Waals surface area contributed by atoms with Crippen molar-refractivity contribution in [2.45, 2.75) is 19.4 Å². The van der Waals surface area contributed by atoms with Crippen LogP contribution in [0, 0.1) is 11.7 Å². The standard InChI is InChI=1S/C22H27FN2O2/c23-21-9-6-18(7-10-21)8-11-22(26)25-13-12-24-14-20(15-25)17-27-16-19-4-2-1-3-5-19/h1-7,9-10,20,24H,8,11-17H2/t20-/m0/s1. The molecule has 3 rings (SSSR count). The fraction of sp³-hybridized carbons (Fsp3) is 0.409. The molecule has 1 amide bonds. The molecule has 0 aliphatic carbocycles. The van der Waals surface area contributed by atoms with Gasteiger partial charge in [-0.15, -0.1) is 0 Å². The van der Waals surface area contributed by atoms with Gasteiger partial charge in [0, 0.05) is 38.5 Å². The number of aryl methyl sites for hydroxylation is 1. The topological polar surface area (TPSA) is 41.6 Å². The number of rotatable bonds is 7. The number of carbonyl (C=O) groups is 1. The van der Waals surface area contributed by atoms with Crippen LogP contribution in [0.2, 0.25) is 0 Å². The second-order valence-electron chi connectivity index (χ2n) is 7.04. The average Bonchev–Trinajstić information content (AvgIpc) is 2.94. The molecule has 0 bridgehead atoms. The fourth-order valence-electron chi connectivity index (χ4n) is 3.30. The van der Waals surface area contributed by atoms with E-state index in [-0.39, 0.29) is 17.6 Å². The van der Waals surface area contributed by atoms with Crippen molar-refractivity contribution >= 4 is 5.91 Å². The first-order valence-corrected chi connectivity index (χ1v) is 9.55. The number of carbonyl (C=O) groups excluding carboxylic acids is 1. The van der Waals surface area contributed by atoms with Crippen LogP contribution in [-0.2, 0) is 22.6 Å². The van der Waals surface area contributed by atoms with Crippen LogP contribution in [0.5, 0.6) is 0 Å². The lowest BCUT2D eigenvalue weighted by atomic mass is 10.1. The Balaban J connectivity index is 1.45. The Morgan fingerprint density at radius 2 is 1.89 bits per heavy atom. The predicted molar refractivity (Wildman–Crippen MR) is 104 cm³/mol. The van der Waals surface area contributed by atoms with Crippen LogP contribution in [-0.4, -0.2) is 43.6 Å². The molecule has 0 saturated carbocycles. The Kier molecular flexibility index (Phi) is 7.36. The summed E-state index contributed by atoms with van der Waals surface area (Å²) >= 11 is 0. The maximum Gasteiger partial charge on any atom is 0.222 e. The minimum atomic E-state index is -0.248. The molecule has 4 nitrogen and oxygen atoms in total. The van der Waals surface area contributed by atoms with Crippen molar-refractivity contribution in [2.24, 2.45) is 5.92 Å². The maximum atomic E-state index is 13.0. The first kappa shape index (κ1) is 19.5. The molecule has 1 atom stereocenters. The number of benzene rings is 2. The average molecular weight is 370 g/mol. The SMILES string of the molecule is O=C(CCc1ccc(F)cc1)N1CCNC[C@H](COCc2ccccc2)C1. The number of hydrogen-bond donors (Lipinski definition) is 1. The summed E-state index contributed by atoms with van der Waals surface area (Å²) in [4.78, 5) is 14.5. The molecular weight excluding hydrogens is 343 g/mol. The monoisotopic (exact) mass is 370 g/mol. The second kappa shape index (κ2) is 10.2. The first-order valence-electron chi connectivity index (χ1n) is 9.55. The Labute approximate surface area is 160 Å². The Hall–Kier alpha value is -2.24. The molecular formula is C22H27FN2O2. The highest BCUT2D eigenvalue weighted by molar-refractivity contribution is 5.76. The van der Waals surface area contributed by atoms with E-state index in [1.54, 1.807) is 12.1 Å². The largest absolute Gasteiger partial charge is 0.376 e. The Morgan fingerprint density at radius 3 is 2.67 bits per heavy atom. The predicted octanol–water partition coefficient (Wildman–Crippen LogP) is 3.02. The molecule has 0 aromatic heterocycles. The van der Waals surface area contributed by atoms with E-state index in [1.165, 1.54) is 12.1 Å². The van der Waals surface area contributed by atoms with Crippen LogP contribution in [0.1, 0.15) is 17.5 Å². The van der Waals surface area contributed by atoms with Crippen molar-refractivity contribution in [3.8, 4) is 0 Å². The number of amides is 1. The zero-order chi connectivity index (χ0) is 18.9. The molecule has 1 fully saturated rings. The molecule has 144 valence electrons. The van der Waals surface area contributed by atoms with E-state index in [0.29, 0.717) is 32.6 Å². The summed E-state index contributed by atoms with van der Waals surface area (Å²) < 4.78 is 18.9. The van der Waals surface area contributed by atoms with Gasteiger partial charge in [0.05, 0.1) is 13.2 Å². The maximum absolute atomic E-state index is 13.0. The van der Waals surface area contributed by atoms with Crippen LogP contribution in [0.3, 0.4) is 0 Å². The molecule has 2 aromatic carbocycles. The van der Waals surface area contributed by atoms with E-state index >= 15 is 0 Å². The van der Waals surface area contributed by atoms with Gasteiger partial charge in [-0.25, -0.2) is 4.39 Å². The lowest BCUT2D eigenvalue weighted by molar-refractivity contribution is -0.131. The van der Waals surface area contributed by atoms with Gasteiger partial charge in [0.1, 0.15) is 5.82 Å². The van der Waals surface area contributed by atoms with Gasteiger partial charge in [0.2, 0.25) is 5.91 Å². The quantitative estimate of drug-likeness (QED) is 0.815. The number of nitrogens with zero attached hydrogens (tertiary/aromatic N) is 1. The van der Waals surface area contributed by atoms with Crippen molar-refractivity contribution in [2.75, 3.05) is 32.8 Å². The highest BCUT2D eigenvalue weighted by Gasteiger charge is 2.21. The van der Waals surface area contributed by atoms with Gasteiger partial charge in [-0.2, -0.15) is 0 Å². The lowest BCUT2D eigenvalue weighted by Gasteiger charge is -2.24. The molecule has 0 spiro atoms. The van der Waals surface area contributed by atoms with Gasteiger partial charge in [0.25, 0.3) is 0 Å². The van der Waals surface area contributed by atoms with Gasteiger partial charge < -0.3 is 15.0 Å². The van der Waals surface area contributed by atoms with Crippen molar-refractivity contribution in [3.05, 3.63) is 71.5 Å². The van der Waals surface area contributed by atoms with Crippen LogP contribution in [0.4, 0.5) is 4.39 Å². The molecule has 0 unspecified atom stereocenters. The van der Waals surface area contributed by atoms with E-state index in [9.17, 15) is 9.18 Å². The summed E-state index contributed by atoms with van der Waals surface area (Å²) in [6.07, 6.45) is 1.08. The number of nitrogens with one attached hydrogen (secondary N) is 1. The first-order chi connectivity index (χ1) is 13.2. The molecule has 1 saturated heterocycles. The van der Waals surface area contributed by atoms with E-state index in [4.69, 9.17) is 4.74 Å². The van der Waals surface area contributed by atoms with E-state index < -0.39 is 0 Å². The number of hydrogen-bond acceptors (Lipinski definition) is 3. The third kappa shape index (κ3) is 6.45. The summed E-state index contributed by atoms with van der Waals surface area (Å²) in [7, 11) is 0. The molecule has 1 heterocycles. The number of ether oxygens (including phenoxy) is 1. The third-order valence-electron chi connectivity index (χ3n) is 4.83. The fourth-order valence-corrected chi connectivity index (χ4v) is 3.30. The van der Waals surface area contributed by atoms with Crippen molar-refractivity contribution in [1.29, 1.82) is 0 Å². The zero-order valence-electron chi connectivity index (χ0n) is 15.6. The third-order valence-corrected chi connectivity index (χ3v) is 4.83. The van der Waals surface area contributed by atoms with E-state index in [1.807, 2.05) is 23.1 Å². The Morgan fingerprint density at radius 1 is 1.11 bits per heavy atom. The van der Waals surface area contributed by atoms with E-state index in [0.717, 1.165) is 30.8 Å². The minimum Gasteiger partial charge on any atom is -0.376 e. The van der Waals surface area contributed by atoms with E-state index in [2.05, 4.69) is 17.4 Å². The number of halogens is 1. The lowest BCUT2D eigenvalue weighted by Crippen LogP contribution is -2.37. The summed E-state index contributed by atoms with van der Waals surface area (Å²) in [5.41, 5.74) is 2.15. The Bertz CT molecular complexity index is 706. The second-order valence-corrected chi connectivity index (χ2v) is 7.04. The minimum absolute atomic E-state index is 0.149. The summed E-state index contributed by atoms with van der Waals surface area (Å²) in [6, 6.07) is 16.5. The van der Waals surface area contributed by atoms with Gasteiger partial charge in [-0.3, -0.25) is 4.79 Å². The molecule has 1 aliphatic heterocycles. The van der Waals surface area contributed by atoms with Gasteiger partial charge in [0.15, 0.2) is 0 Å². The van der Waals surface area contributed by atoms with Crippen molar-refractivity contribution in [1.82, 2.24) is 10.2 Å². The van der Waals surface area contributed by atoms with Crippen LogP contribution < -0.4 is 5.32 Å². The van der Waals surface area contributed by atoms with Crippen molar-refractivity contribution < 1.29 is 13.9 Å². The van der Waals surface area contributed by atoms with Crippen LogP contribution in [0.25, 0.3) is 0 Å². The highest BCUT2D eigenvalue weighted by Crippen LogP contribution is 2.11. The summed E-state index contributed by atoms with van der Waals surface area (Å²) in [6.45, 7) is 4.31. The normalized spacial score (nSPS) is 17.5. The van der Waals surface area contributed by atoms with Crippen molar-refractivity contribution in [3.63, 3.8) is 0 Å². The van der Waals surface area contributed by atoms with Gasteiger partial charge in [-0.05, 0) is 29.7 Å². The smallest absolute Gasteiger partial charge is 0.222 e. The molecule has 27 heavy (non-hydrogen) atoms. The summed E-state index contributed by atoms with van der Waals surface area (Å²) in [5.74, 6) is 0.184. The van der Waals surface area contributed by atoms with Crippen LogP contribution in [0.15, 0.2) is 54.6 Å². The highest BCUT2D eigenvalue weighted by atomic mass is 19.1. The van der Waals surface area contributed by atoms with Gasteiger partial charge >= 0.3 is 0 Å².